The molecule has 1 aliphatic carbocycles. The van der Waals surface area contributed by atoms with Gasteiger partial charge in [0.15, 0.2) is 0 Å². The summed E-state index contributed by atoms with van der Waals surface area (Å²) in [6.07, 6.45) is 8.31. The smallest absolute Gasteiger partial charge is 0.247 e. The molecule has 1 saturated heterocycles. The third-order valence-electron chi connectivity index (χ3n) is 4.81. The van der Waals surface area contributed by atoms with Gasteiger partial charge in [-0.2, -0.15) is 0 Å². The molecule has 0 atom stereocenters. The highest BCUT2D eigenvalue weighted by molar-refractivity contribution is 5.92. The zero-order valence-electron chi connectivity index (χ0n) is 13.4. The van der Waals surface area contributed by atoms with Crippen LogP contribution in [0.4, 0.5) is 0 Å². The summed E-state index contributed by atoms with van der Waals surface area (Å²) in [5.41, 5.74) is 1.09. The lowest BCUT2D eigenvalue weighted by molar-refractivity contribution is -0.129. The largest absolute Gasteiger partial charge is 0.333 e. The van der Waals surface area contributed by atoms with Gasteiger partial charge in [0.05, 0.1) is 0 Å². The van der Waals surface area contributed by atoms with Crippen molar-refractivity contribution in [2.75, 3.05) is 19.6 Å². The van der Waals surface area contributed by atoms with Crippen LogP contribution < -0.4 is 0 Å². The predicted molar refractivity (Wildman–Crippen MR) is 90.5 cm³/mol. The van der Waals surface area contributed by atoms with Crippen molar-refractivity contribution >= 4 is 12.0 Å². The number of carbonyl (C=O) groups excluding carboxylic acids is 1. The Kier molecular flexibility index (Phi) is 4.94. The molecule has 1 aromatic carbocycles. The summed E-state index contributed by atoms with van der Waals surface area (Å²) in [7, 11) is 0. The number of nitrogens with zero attached hydrogens (tertiary/aromatic N) is 2. The van der Waals surface area contributed by atoms with Crippen LogP contribution in [0.5, 0.6) is 0 Å². The van der Waals surface area contributed by atoms with Crippen LogP contribution in [0.3, 0.4) is 0 Å². The predicted octanol–water partition coefficient (Wildman–Crippen LogP) is 3.18. The van der Waals surface area contributed by atoms with Crippen LogP contribution in [0.2, 0.25) is 0 Å². The molecule has 118 valence electrons. The molecular weight excluding hydrogens is 272 g/mol. The molecule has 22 heavy (non-hydrogen) atoms. The van der Waals surface area contributed by atoms with E-state index < -0.39 is 0 Å². The van der Waals surface area contributed by atoms with E-state index >= 15 is 0 Å². The van der Waals surface area contributed by atoms with Crippen LogP contribution in [-0.4, -0.2) is 47.4 Å². The van der Waals surface area contributed by atoms with Crippen LogP contribution in [0.15, 0.2) is 36.4 Å². The lowest BCUT2D eigenvalue weighted by atomic mass is 10.0. The molecular formula is C19H26N2O. The normalized spacial score (nSPS) is 20.4. The zero-order valence-corrected chi connectivity index (χ0v) is 13.4. The van der Waals surface area contributed by atoms with E-state index in [1.165, 1.54) is 12.8 Å². The van der Waals surface area contributed by atoms with E-state index in [4.69, 9.17) is 0 Å². The van der Waals surface area contributed by atoms with E-state index in [0.717, 1.165) is 38.0 Å². The molecule has 0 N–H and O–H groups in total. The van der Waals surface area contributed by atoms with Crippen molar-refractivity contribution in [3.8, 4) is 0 Å². The maximum atomic E-state index is 12.7. The first-order chi connectivity index (χ1) is 10.8. The summed E-state index contributed by atoms with van der Waals surface area (Å²) in [5, 5.41) is 0. The van der Waals surface area contributed by atoms with E-state index in [1.54, 1.807) is 6.08 Å². The Balaban J connectivity index is 1.64. The van der Waals surface area contributed by atoms with Gasteiger partial charge in [0, 0.05) is 31.2 Å². The standard InChI is InChI=1S/C19H26N2O/c1-2-20-14-12-18(13-15-20)21(17-9-10-17)19(22)11-8-16-6-4-3-5-7-16/h3-8,11,17-18H,2,9-10,12-15H2,1H3/b11-8+. The first kappa shape index (κ1) is 15.3. The number of amides is 1. The molecule has 0 bridgehead atoms. The van der Waals surface area contributed by atoms with Gasteiger partial charge in [-0.15, -0.1) is 0 Å². The van der Waals surface area contributed by atoms with Crippen molar-refractivity contribution in [2.24, 2.45) is 0 Å². The third kappa shape index (κ3) is 3.77. The fraction of sp³-hybridized carbons (Fsp3) is 0.526. The SMILES string of the molecule is CCN1CCC(N(C(=O)/C=C/c2ccccc2)C2CC2)CC1. The molecule has 1 aliphatic heterocycles. The number of rotatable bonds is 5. The zero-order chi connectivity index (χ0) is 15.4. The van der Waals surface area contributed by atoms with Crippen molar-refractivity contribution < 1.29 is 4.79 Å². The summed E-state index contributed by atoms with van der Waals surface area (Å²) in [6.45, 7) is 5.59. The van der Waals surface area contributed by atoms with E-state index in [-0.39, 0.29) is 5.91 Å². The molecule has 2 fully saturated rings. The number of piperidine rings is 1. The highest BCUT2D eigenvalue weighted by Crippen LogP contribution is 2.32. The second kappa shape index (κ2) is 7.10. The quantitative estimate of drug-likeness (QED) is 0.780. The summed E-state index contributed by atoms with van der Waals surface area (Å²) >= 11 is 0. The fourth-order valence-electron chi connectivity index (χ4n) is 3.34. The number of benzene rings is 1. The Hall–Kier alpha value is -1.61. The summed E-state index contributed by atoms with van der Waals surface area (Å²) < 4.78 is 0. The lowest BCUT2D eigenvalue weighted by Gasteiger charge is -2.38. The minimum atomic E-state index is 0.196. The third-order valence-corrected chi connectivity index (χ3v) is 4.81. The van der Waals surface area contributed by atoms with Crippen LogP contribution >= 0.6 is 0 Å². The van der Waals surface area contributed by atoms with Gasteiger partial charge in [0.25, 0.3) is 0 Å². The maximum absolute atomic E-state index is 12.7. The molecule has 0 radical (unpaired) electrons. The van der Waals surface area contributed by atoms with Gasteiger partial charge in [-0.05, 0) is 43.9 Å². The van der Waals surface area contributed by atoms with Crippen LogP contribution in [-0.2, 0) is 4.79 Å². The second-order valence-electron chi connectivity index (χ2n) is 6.39. The highest BCUT2D eigenvalue weighted by Gasteiger charge is 2.37. The van der Waals surface area contributed by atoms with E-state index in [9.17, 15) is 4.79 Å². The van der Waals surface area contributed by atoms with E-state index in [2.05, 4.69) is 16.7 Å². The minimum absolute atomic E-state index is 0.196. The van der Waals surface area contributed by atoms with Crippen molar-refractivity contribution in [1.29, 1.82) is 0 Å². The summed E-state index contributed by atoms with van der Waals surface area (Å²) in [5.74, 6) is 0.196. The van der Waals surface area contributed by atoms with Crippen molar-refractivity contribution in [2.45, 2.75) is 44.7 Å². The Morgan fingerprint density at radius 2 is 1.77 bits per heavy atom. The van der Waals surface area contributed by atoms with Gasteiger partial charge < -0.3 is 9.80 Å². The maximum Gasteiger partial charge on any atom is 0.247 e. The van der Waals surface area contributed by atoms with E-state index in [1.807, 2.05) is 36.4 Å². The average molecular weight is 298 g/mol. The van der Waals surface area contributed by atoms with Crippen molar-refractivity contribution in [1.82, 2.24) is 9.80 Å². The van der Waals surface area contributed by atoms with E-state index in [0.29, 0.717) is 12.1 Å². The molecule has 0 aromatic heterocycles. The monoisotopic (exact) mass is 298 g/mol. The highest BCUT2D eigenvalue weighted by atomic mass is 16.2. The van der Waals surface area contributed by atoms with Gasteiger partial charge in [0.2, 0.25) is 5.91 Å². The van der Waals surface area contributed by atoms with Gasteiger partial charge in [-0.25, -0.2) is 0 Å². The fourth-order valence-corrected chi connectivity index (χ4v) is 3.34. The lowest BCUT2D eigenvalue weighted by Crippen LogP contribution is -2.47. The first-order valence-corrected chi connectivity index (χ1v) is 8.55. The molecule has 1 amide bonds. The first-order valence-electron chi connectivity index (χ1n) is 8.55. The summed E-state index contributed by atoms with van der Waals surface area (Å²) in [4.78, 5) is 17.3. The number of carbonyl (C=O) groups is 1. The van der Waals surface area contributed by atoms with Gasteiger partial charge in [0.1, 0.15) is 0 Å². The molecule has 3 heteroatoms. The molecule has 1 aromatic rings. The number of hydrogen-bond donors (Lipinski definition) is 0. The van der Waals surface area contributed by atoms with Gasteiger partial charge >= 0.3 is 0 Å². The van der Waals surface area contributed by atoms with Crippen LogP contribution in [0.1, 0.15) is 38.2 Å². The van der Waals surface area contributed by atoms with Crippen molar-refractivity contribution in [3.63, 3.8) is 0 Å². The molecule has 0 spiro atoms. The molecule has 3 rings (SSSR count). The molecule has 3 nitrogen and oxygen atoms in total. The van der Waals surface area contributed by atoms with Crippen LogP contribution in [0.25, 0.3) is 6.08 Å². The topological polar surface area (TPSA) is 23.6 Å². The van der Waals surface area contributed by atoms with Gasteiger partial charge in [-0.1, -0.05) is 37.3 Å². The number of hydrogen-bond acceptors (Lipinski definition) is 2. The second-order valence-corrected chi connectivity index (χ2v) is 6.39. The Morgan fingerprint density at radius 3 is 2.36 bits per heavy atom. The Labute approximate surface area is 133 Å². The summed E-state index contributed by atoms with van der Waals surface area (Å²) in [6, 6.07) is 11.0. The molecule has 2 aliphatic rings. The Bertz CT molecular complexity index is 513. The molecule has 1 heterocycles. The van der Waals surface area contributed by atoms with Gasteiger partial charge in [-0.3, -0.25) is 4.79 Å². The van der Waals surface area contributed by atoms with Crippen LogP contribution in [0, 0.1) is 0 Å². The molecule has 1 saturated carbocycles. The average Bonchev–Trinajstić information content (AvgIpc) is 3.40. The molecule has 0 unspecified atom stereocenters. The minimum Gasteiger partial charge on any atom is -0.333 e. The van der Waals surface area contributed by atoms with Crippen molar-refractivity contribution in [3.05, 3.63) is 42.0 Å². The number of likely N-dealkylation sites (tertiary alicyclic amines) is 1. The Morgan fingerprint density at radius 1 is 1.14 bits per heavy atom.